The van der Waals surface area contributed by atoms with Crippen LogP contribution in [0, 0.1) is 5.92 Å². The van der Waals surface area contributed by atoms with E-state index in [-0.39, 0.29) is 0 Å². The van der Waals surface area contributed by atoms with Crippen LogP contribution in [0.3, 0.4) is 0 Å². The molecular formula is C9H14N2. The van der Waals surface area contributed by atoms with Crippen LogP contribution >= 0.6 is 0 Å². The van der Waals surface area contributed by atoms with Gasteiger partial charge < -0.3 is 10.7 Å². The van der Waals surface area contributed by atoms with Gasteiger partial charge >= 0.3 is 0 Å². The second-order valence-corrected chi connectivity index (χ2v) is 3.50. The number of aromatic amines is 1. The van der Waals surface area contributed by atoms with Crippen molar-refractivity contribution in [2.45, 2.75) is 25.3 Å². The van der Waals surface area contributed by atoms with Gasteiger partial charge in [-0.05, 0) is 37.3 Å². The van der Waals surface area contributed by atoms with Crippen molar-refractivity contribution in [3.63, 3.8) is 0 Å². The van der Waals surface area contributed by atoms with Gasteiger partial charge in [-0.15, -0.1) is 0 Å². The molecule has 0 bridgehead atoms. The van der Waals surface area contributed by atoms with E-state index in [0.717, 1.165) is 5.92 Å². The summed E-state index contributed by atoms with van der Waals surface area (Å²) >= 11 is 0. The van der Waals surface area contributed by atoms with E-state index < -0.39 is 0 Å². The van der Waals surface area contributed by atoms with Crippen molar-refractivity contribution in [3.05, 3.63) is 24.0 Å². The number of nitrogens with one attached hydrogen (secondary N) is 1. The molecule has 0 aliphatic heterocycles. The molecule has 1 fully saturated rings. The molecular weight excluding hydrogens is 136 g/mol. The van der Waals surface area contributed by atoms with E-state index in [2.05, 4.69) is 11.1 Å². The molecule has 1 saturated carbocycles. The van der Waals surface area contributed by atoms with E-state index in [1.54, 1.807) is 0 Å². The summed E-state index contributed by atoms with van der Waals surface area (Å²) in [6.45, 7) is 0. The molecule has 0 radical (unpaired) electrons. The summed E-state index contributed by atoms with van der Waals surface area (Å²) in [7, 11) is 0. The zero-order valence-corrected chi connectivity index (χ0v) is 6.59. The van der Waals surface area contributed by atoms with E-state index in [1.165, 1.54) is 25.0 Å². The van der Waals surface area contributed by atoms with Crippen LogP contribution in [-0.2, 0) is 6.42 Å². The van der Waals surface area contributed by atoms with E-state index >= 15 is 0 Å². The standard InChI is InChI=1S/C9H14N2/c10-8-4-7(5-8)6-9-2-1-3-11-9/h1-3,7-8,11H,4-6,10H2. The van der Waals surface area contributed by atoms with Crippen LogP contribution < -0.4 is 5.73 Å². The van der Waals surface area contributed by atoms with Crippen LogP contribution in [0.5, 0.6) is 0 Å². The molecule has 2 rings (SSSR count). The van der Waals surface area contributed by atoms with Gasteiger partial charge in [-0.1, -0.05) is 0 Å². The minimum atomic E-state index is 0.481. The maximum atomic E-state index is 5.69. The van der Waals surface area contributed by atoms with E-state index in [1.807, 2.05) is 12.3 Å². The summed E-state index contributed by atoms with van der Waals surface area (Å²) in [6, 6.07) is 4.67. The van der Waals surface area contributed by atoms with Crippen molar-refractivity contribution in [3.8, 4) is 0 Å². The Bertz CT molecular complexity index is 209. The minimum absolute atomic E-state index is 0.481. The van der Waals surface area contributed by atoms with Crippen molar-refractivity contribution in [2.75, 3.05) is 0 Å². The lowest BCUT2D eigenvalue weighted by Crippen LogP contribution is -2.37. The summed E-state index contributed by atoms with van der Waals surface area (Å²) in [5, 5.41) is 0. The zero-order chi connectivity index (χ0) is 7.68. The van der Waals surface area contributed by atoms with Gasteiger partial charge in [0.15, 0.2) is 0 Å². The summed E-state index contributed by atoms with van der Waals surface area (Å²) in [5.74, 6) is 0.837. The van der Waals surface area contributed by atoms with E-state index in [4.69, 9.17) is 5.73 Å². The lowest BCUT2D eigenvalue weighted by atomic mass is 9.78. The first-order chi connectivity index (χ1) is 5.34. The second kappa shape index (κ2) is 2.70. The van der Waals surface area contributed by atoms with Gasteiger partial charge in [-0.25, -0.2) is 0 Å². The highest BCUT2D eigenvalue weighted by atomic mass is 14.7. The Morgan fingerprint density at radius 2 is 2.36 bits per heavy atom. The highest BCUT2D eigenvalue weighted by Crippen LogP contribution is 2.28. The van der Waals surface area contributed by atoms with Gasteiger partial charge in [0.1, 0.15) is 0 Å². The molecule has 0 spiro atoms. The fourth-order valence-electron chi connectivity index (χ4n) is 1.76. The third-order valence-electron chi connectivity index (χ3n) is 2.44. The molecule has 0 saturated heterocycles. The van der Waals surface area contributed by atoms with Gasteiger partial charge in [0.25, 0.3) is 0 Å². The molecule has 0 unspecified atom stereocenters. The second-order valence-electron chi connectivity index (χ2n) is 3.50. The Morgan fingerprint density at radius 3 is 2.91 bits per heavy atom. The van der Waals surface area contributed by atoms with Gasteiger partial charge in [0, 0.05) is 17.9 Å². The molecule has 3 N–H and O–H groups in total. The van der Waals surface area contributed by atoms with Crippen molar-refractivity contribution >= 4 is 0 Å². The molecule has 60 valence electrons. The molecule has 0 atom stereocenters. The number of hydrogen-bond acceptors (Lipinski definition) is 1. The number of rotatable bonds is 2. The van der Waals surface area contributed by atoms with Crippen molar-refractivity contribution < 1.29 is 0 Å². The first-order valence-electron chi connectivity index (χ1n) is 4.22. The Kier molecular flexibility index (Phi) is 1.70. The number of aromatic nitrogens is 1. The highest BCUT2D eigenvalue weighted by Gasteiger charge is 2.25. The number of H-pyrrole nitrogens is 1. The third kappa shape index (κ3) is 1.46. The quantitative estimate of drug-likeness (QED) is 0.655. The molecule has 1 aliphatic carbocycles. The summed E-state index contributed by atoms with van der Waals surface area (Å²) in [4.78, 5) is 3.21. The summed E-state index contributed by atoms with van der Waals surface area (Å²) < 4.78 is 0. The van der Waals surface area contributed by atoms with Crippen LogP contribution in [0.2, 0.25) is 0 Å². The fraction of sp³-hybridized carbons (Fsp3) is 0.556. The molecule has 0 aromatic carbocycles. The first kappa shape index (κ1) is 6.92. The van der Waals surface area contributed by atoms with Crippen LogP contribution in [0.4, 0.5) is 0 Å². The SMILES string of the molecule is NC1CC(Cc2ccc[nH]2)C1. The predicted octanol–water partition coefficient (Wildman–Crippen LogP) is 1.29. The molecule has 2 nitrogen and oxygen atoms in total. The van der Waals surface area contributed by atoms with Gasteiger partial charge in [-0.3, -0.25) is 0 Å². The molecule has 1 aromatic heterocycles. The van der Waals surface area contributed by atoms with Crippen molar-refractivity contribution in [2.24, 2.45) is 11.7 Å². The maximum absolute atomic E-state index is 5.69. The molecule has 1 heterocycles. The maximum Gasteiger partial charge on any atom is 0.0149 e. The molecule has 2 heteroatoms. The van der Waals surface area contributed by atoms with Crippen LogP contribution in [-0.4, -0.2) is 11.0 Å². The first-order valence-corrected chi connectivity index (χ1v) is 4.22. The Balaban J connectivity index is 1.84. The monoisotopic (exact) mass is 150 g/mol. The van der Waals surface area contributed by atoms with Gasteiger partial charge in [0.2, 0.25) is 0 Å². The fourth-order valence-corrected chi connectivity index (χ4v) is 1.76. The Hall–Kier alpha value is -0.760. The van der Waals surface area contributed by atoms with Gasteiger partial charge in [0.05, 0.1) is 0 Å². The lowest BCUT2D eigenvalue weighted by molar-refractivity contribution is 0.263. The van der Waals surface area contributed by atoms with Crippen LogP contribution in [0.1, 0.15) is 18.5 Å². The third-order valence-corrected chi connectivity index (χ3v) is 2.44. The smallest absolute Gasteiger partial charge is 0.0149 e. The zero-order valence-electron chi connectivity index (χ0n) is 6.59. The average Bonchev–Trinajstić information content (AvgIpc) is 2.36. The largest absolute Gasteiger partial charge is 0.365 e. The number of nitrogens with two attached hydrogens (primary N) is 1. The van der Waals surface area contributed by atoms with Crippen molar-refractivity contribution in [1.29, 1.82) is 0 Å². The molecule has 1 aliphatic rings. The number of hydrogen-bond donors (Lipinski definition) is 2. The highest BCUT2D eigenvalue weighted by molar-refractivity contribution is 5.06. The predicted molar refractivity (Wildman–Crippen MR) is 45.2 cm³/mol. The summed E-state index contributed by atoms with van der Waals surface area (Å²) in [5.41, 5.74) is 7.04. The Morgan fingerprint density at radius 1 is 1.55 bits per heavy atom. The molecule has 1 aromatic rings. The van der Waals surface area contributed by atoms with Crippen LogP contribution in [0.25, 0.3) is 0 Å². The molecule has 0 amide bonds. The Labute approximate surface area is 66.8 Å². The average molecular weight is 150 g/mol. The molecule has 11 heavy (non-hydrogen) atoms. The lowest BCUT2D eigenvalue weighted by Gasteiger charge is -2.32. The minimum Gasteiger partial charge on any atom is -0.365 e. The van der Waals surface area contributed by atoms with E-state index in [9.17, 15) is 0 Å². The van der Waals surface area contributed by atoms with E-state index in [0.29, 0.717) is 6.04 Å². The van der Waals surface area contributed by atoms with Crippen molar-refractivity contribution in [1.82, 2.24) is 4.98 Å². The normalized spacial score (nSPS) is 29.9. The summed E-state index contributed by atoms with van der Waals surface area (Å²) in [6.07, 6.45) is 5.58. The van der Waals surface area contributed by atoms with Gasteiger partial charge in [-0.2, -0.15) is 0 Å². The topological polar surface area (TPSA) is 41.8 Å². The van der Waals surface area contributed by atoms with Crippen LogP contribution in [0.15, 0.2) is 18.3 Å².